The summed E-state index contributed by atoms with van der Waals surface area (Å²) < 4.78 is 32.7. The molecule has 9 heteroatoms. The van der Waals surface area contributed by atoms with Crippen molar-refractivity contribution in [1.82, 2.24) is 14.5 Å². The van der Waals surface area contributed by atoms with Crippen LogP contribution in [0.4, 0.5) is 0 Å². The molecule has 0 bridgehead atoms. The molecule has 0 saturated heterocycles. The molecular weight excluding hydrogens is 446 g/mol. The van der Waals surface area contributed by atoms with Crippen molar-refractivity contribution in [2.75, 3.05) is 13.1 Å². The number of carbonyl (C=O) groups is 1. The number of benzene rings is 2. The van der Waals surface area contributed by atoms with Crippen molar-refractivity contribution in [2.45, 2.75) is 50.0 Å². The molecule has 0 N–H and O–H groups in total. The van der Waals surface area contributed by atoms with E-state index in [4.69, 9.17) is 4.42 Å². The van der Waals surface area contributed by atoms with Crippen molar-refractivity contribution in [2.24, 2.45) is 0 Å². The Labute approximate surface area is 193 Å². The first-order valence-corrected chi connectivity index (χ1v) is 12.7. The van der Waals surface area contributed by atoms with Crippen molar-refractivity contribution in [1.29, 1.82) is 0 Å². The van der Waals surface area contributed by atoms with Gasteiger partial charge in [-0.15, -0.1) is 10.2 Å². The van der Waals surface area contributed by atoms with Gasteiger partial charge in [0.1, 0.15) is 0 Å². The van der Waals surface area contributed by atoms with Gasteiger partial charge in [-0.05, 0) is 56.2 Å². The highest BCUT2D eigenvalue weighted by Gasteiger charge is 2.24. The molecule has 1 heterocycles. The fourth-order valence-electron chi connectivity index (χ4n) is 3.21. The zero-order chi connectivity index (χ0) is 23.5. The van der Waals surface area contributed by atoms with Gasteiger partial charge in [0.25, 0.3) is 5.22 Å². The number of carbonyl (C=O) groups excluding carboxylic acids is 1. The molecular formula is C23H27N3O4S2. The standard InChI is InChI=1S/C23H27N3O4S2/c1-6-26(7-2)32(28,29)20-10-8-9-19(14-20)22-24-25-23(30-22)31-17(5)21(27)18-12-11-15(3)16(4)13-18/h8-14,17H,6-7H2,1-5H3/t17-/m0/s1. The van der Waals surface area contributed by atoms with Crippen LogP contribution in [0.2, 0.25) is 0 Å². The lowest BCUT2D eigenvalue weighted by atomic mass is 10.0. The normalized spacial score (nSPS) is 12.8. The van der Waals surface area contributed by atoms with Crippen molar-refractivity contribution >= 4 is 27.6 Å². The largest absolute Gasteiger partial charge is 0.411 e. The third-order valence-electron chi connectivity index (χ3n) is 5.27. The summed E-state index contributed by atoms with van der Waals surface area (Å²) in [6.07, 6.45) is 0. The number of hydrogen-bond acceptors (Lipinski definition) is 7. The van der Waals surface area contributed by atoms with Gasteiger partial charge in [-0.25, -0.2) is 8.42 Å². The Morgan fingerprint density at radius 1 is 1.06 bits per heavy atom. The highest BCUT2D eigenvalue weighted by molar-refractivity contribution is 8.00. The summed E-state index contributed by atoms with van der Waals surface area (Å²) in [5.41, 5.74) is 3.34. The van der Waals surface area contributed by atoms with E-state index in [9.17, 15) is 13.2 Å². The van der Waals surface area contributed by atoms with Gasteiger partial charge in [0.05, 0.1) is 10.1 Å². The van der Waals surface area contributed by atoms with Crippen LogP contribution in [-0.4, -0.2) is 47.0 Å². The molecule has 0 aliphatic carbocycles. The zero-order valence-corrected chi connectivity index (χ0v) is 20.5. The summed E-state index contributed by atoms with van der Waals surface area (Å²) in [6, 6.07) is 12.1. The molecule has 3 rings (SSSR count). The monoisotopic (exact) mass is 473 g/mol. The number of aromatic nitrogens is 2. The summed E-state index contributed by atoms with van der Waals surface area (Å²) >= 11 is 1.18. The van der Waals surface area contributed by atoms with Gasteiger partial charge in [-0.3, -0.25) is 4.79 Å². The first-order chi connectivity index (χ1) is 15.2. The fraction of sp³-hybridized carbons (Fsp3) is 0.348. The molecule has 0 unspecified atom stereocenters. The number of hydrogen-bond donors (Lipinski definition) is 0. The first kappa shape index (κ1) is 24.2. The quantitative estimate of drug-likeness (QED) is 0.327. The molecule has 0 fully saturated rings. The maximum atomic E-state index is 12.8. The molecule has 0 aliphatic heterocycles. The van der Waals surface area contributed by atoms with Crippen LogP contribution in [-0.2, 0) is 10.0 Å². The highest BCUT2D eigenvalue weighted by Crippen LogP contribution is 2.29. The lowest BCUT2D eigenvalue weighted by Gasteiger charge is -2.18. The number of rotatable bonds is 9. The van der Waals surface area contributed by atoms with Gasteiger partial charge in [-0.1, -0.05) is 43.8 Å². The molecule has 7 nitrogen and oxygen atoms in total. The van der Waals surface area contributed by atoms with Crippen LogP contribution in [0.1, 0.15) is 42.3 Å². The third-order valence-corrected chi connectivity index (χ3v) is 8.25. The van der Waals surface area contributed by atoms with Crippen LogP contribution in [0.5, 0.6) is 0 Å². The fourth-order valence-corrected chi connectivity index (χ4v) is 5.48. The van der Waals surface area contributed by atoms with Crippen LogP contribution in [0, 0.1) is 13.8 Å². The van der Waals surface area contributed by atoms with E-state index in [2.05, 4.69) is 10.2 Å². The summed E-state index contributed by atoms with van der Waals surface area (Å²) in [4.78, 5) is 13.0. The lowest BCUT2D eigenvalue weighted by molar-refractivity contribution is 0.0993. The second-order valence-corrected chi connectivity index (χ2v) is 10.6. The Kier molecular flexibility index (Phi) is 7.53. The van der Waals surface area contributed by atoms with E-state index >= 15 is 0 Å². The number of sulfonamides is 1. The summed E-state index contributed by atoms with van der Waals surface area (Å²) in [7, 11) is -3.60. The maximum absolute atomic E-state index is 12.8. The van der Waals surface area contributed by atoms with Crippen LogP contribution in [0.15, 0.2) is 57.0 Å². The van der Waals surface area contributed by atoms with E-state index in [-0.39, 0.29) is 21.8 Å². The van der Waals surface area contributed by atoms with E-state index in [1.165, 1.54) is 22.1 Å². The van der Waals surface area contributed by atoms with Gasteiger partial charge >= 0.3 is 0 Å². The molecule has 0 saturated carbocycles. The molecule has 170 valence electrons. The SMILES string of the molecule is CCN(CC)S(=O)(=O)c1cccc(-c2nnc(S[C@@H](C)C(=O)c3ccc(C)c(C)c3)o2)c1. The smallest absolute Gasteiger partial charge is 0.277 e. The van der Waals surface area contributed by atoms with E-state index in [0.717, 1.165) is 11.1 Å². The van der Waals surface area contributed by atoms with Gasteiger partial charge < -0.3 is 4.42 Å². The maximum Gasteiger partial charge on any atom is 0.277 e. The van der Waals surface area contributed by atoms with Crippen LogP contribution in [0.3, 0.4) is 0 Å². The predicted octanol–water partition coefficient (Wildman–Crippen LogP) is 4.75. The second-order valence-electron chi connectivity index (χ2n) is 7.41. The van der Waals surface area contributed by atoms with Crippen LogP contribution in [0.25, 0.3) is 11.5 Å². The van der Waals surface area contributed by atoms with Crippen molar-refractivity contribution in [3.05, 3.63) is 59.2 Å². The van der Waals surface area contributed by atoms with Gasteiger partial charge in [0, 0.05) is 24.2 Å². The molecule has 3 aromatic rings. The van der Waals surface area contributed by atoms with Crippen LogP contribution >= 0.6 is 11.8 Å². The summed E-state index contributed by atoms with van der Waals surface area (Å²) in [6.45, 7) is 10.1. The average Bonchev–Trinajstić information content (AvgIpc) is 3.24. The van der Waals surface area contributed by atoms with Gasteiger partial charge in [0.2, 0.25) is 15.9 Å². The summed E-state index contributed by atoms with van der Waals surface area (Å²) in [5, 5.41) is 7.92. The number of nitrogens with zero attached hydrogens (tertiary/aromatic N) is 3. The van der Waals surface area contributed by atoms with E-state index in [1.54, 1.807) is 39.0 Å². The Morgan fingerprint density at radius 3 is 2.44 bits per heavy atom. The molecule has 2 aromatic carbocycles. The lowest BCUT2D eigenvalue weighted by Crippen LogP contribution is -2.30. The second kappa shape index (κ2) is 9.97. The molecule has 1 atom stereocenters. The highest BCUT2D eigenvalue weighted by atomic mass is 32.2. The molecule has 32 heavy (non-hydrogen) atoms. The first-order valence-electron chi connectivity index (χ1n) is 10.4. The Hall–Kier alpha value is -2.49. The van der Waals surface area contributed by atoms with Crippen molar-refractivity contribution in [3.63, 3.8) is 0 Å². The van der Waals surface area contributed by atoms with E-state index in [1.807, 2.05) is 32.0 Å². The van der Waals surface area contributed by atoms with E-state index in [0.29, 0.717) is 24.2 Å². The van der Waals surface area contributed by atoms with Gasteiger partial charge in [0.15, 0.2) is 5.78 Å². The third kappa shape index (κ3) is 5.11. The Bertz CT molecular complexity index is 1220. The molecule has 1 aromatic heterocycles. The number of ketones is 1. The number of aryl methyl sites for hydroxylation is 2. The van der Waals surface area contributed by atoms with Crippen molar-refractivity contribution in [3.8, 4) is 11.5 Å². The molecule has 0 aliphatic rings. The minimum Gasteiger partial charge on any atom is -0.411 e. The molecule has 0 spiro atoms. The number of thioether (sulfide) groups is 1. The molecule has 0 radical (unpaired) electrons. The topological polar surface area (TPSA) is 93.4 Å². The zero-order valence-electron chi connectivity index (χ0n) is 18.8. The predicted molar refractivity (Wildman–Crippen MR) is 125 cm³/mol. The Balaban J connectivity index is 1.78. The van der Waals surface area contributed by atoms with E-state index < -0.39 is 15.3 Å². The Morgan fingerprint density at radius 2 is 1.78 bits per heavy atom. The van der Waals surface area contributed by atoms with Gasteiger partial charge in [-0.2, -0.15) is 4.31 Å². The van der Waals surface area contributed by atoms with Crippen molar-refractivity contribution < 1.29 is 17.6 Å². The number of Topliss-reactive ketones (excluding diaryl/α,β-unsaturated/α-hetero) is 1. The average molecular weight is 474 g/mol. The molecule has 0 amide bonds. The minimum atomic E-state index is -3.60. The van der Waals surface area contributed by atoms with Crippen LogP contribution < -0.4 is 0 Å². The summed E-state index contributed by atoms with van der Waals surface area (Å²) in [5.74, 6) is 0.181. The minimum absolute atomic E-state index is 0.0230.